The van der Waals surface area contributed by atoms with Gasteiger partial charge in [0, 0.05) is 23.3 Å². The summed E-state index contributed by atoms with van der Waals surface area (Å²) in [4.78, 5) is 18.8. The van der Waals surface area contributed by atoms with E-state index in [9.17, 15) is 4.79 Å². The molecule has 0 amide bonds. The van der Waals surface area contributed by atoms with E-state index in [4.69, 9.17) is 0 Å². The second kappa shape index (κ2) is 6.15. The maximum Gasteiger partial charge on any atom is 0.255 e. The second-order valence-corrected chi connectivity index (χ2v) is 4.33. The molecule has 0 atom stereocenters. The molecule has 0 bridgehead atoms. The first-order chi connectivity index (χ1) is 9.74. The molecule has 102 valence electrons. The van der Waals surface area contributed by atoms with Crippen molar-refractivity contribution in [3.8, 4) is 11.3 Å². The highest BCUT2D eigenvalue weighted by atomic mass is 16.1. The van der Waals surface area contributed by atoms with Gasteiger partial charge in [-0.05, 0) is 42.1 Å². The van der Waals surface area contributed by atoms with Crippen molar-refractivity contribution in [3.05, 3.63) is 64.7 Å². The first-order valence-corrected chi connectivity index (χ1v) is 6.78. The largest absolute Gasteiger partial charge is 0.329 e. The van der Waals surface area contributed by atoms with E-state index in [2.05, 4.69) is 9.97 Å². The lowest BCUT2D eigenvalue weighted by Gasteiger charge is -2.03. The fourth-order valence-corrected chi connectivity index (χ4v) is 2.04. The highest BCUT2D eigenvalue weighted by Crippen LogP contribution is 2.21. The minimum absolute atomic E-state index is 0.0676. The van der Waals surface area contributed by atoms with Gasteiger partial charge in [-0.1, -0.05) is 26.0 Å². The SMILES string of the molecule is CC.Cc1ccnc(-c2ccc3cc[nH]c(=O)c3c2)c1. The first kappa shape index (κ1) is 14.0. The van der Waals surface area contributed by atoms with Crippen LogP contribution in [-0.4, -0.2) is 9.97 Å². The van der Waals surface area contributed by atoms with Crippen LogP contribution < -0.4 is 5.56 Å². The molecule has 2 aromatic heterocycles. The summed E-state index contributed by atoms with van der Waals surface area (Å²) in [6.07, 6.45) is 3.44. The van der Waals surface area contributed by atoms with Gasteiger partial charge in [-0.3, -0.25) is 9.78 Å². The van der Waals surface area contributed by atoms with Crippen molar-refractivity contribution >= 4 is 10.8 Å². The summed E-state index contributed by atoms with van der Waals surface area (Å²) in [6.45, 7) is 6.03. The fraction of sp³-hybridized carbons (Fsp3) is 0.176. The van der Waals surface area contributed by atoms with E-state index >= 15 is 0 Å². The quantitative estimate of drug-likeness (QED) is 0.725. The molecule has 0 saturated heterocycles. The topological polar surface area (TPSA) is 45.8 Å². The predicted octanol–water partition coefficient (Wildman–Crippen LogP) is 3.92. The molecule has 1 aromatic carbocycles. The third-order valence-electron chi connectivity index (χ3n) is 2.99. The van der Waals surface area contributed by atoms with Gasteiger partial charge in [-0.2, -0.15) is 0 Å². The molecule has 0 unspecified atom stereocenters. The van der Waals surface area contributed by atoms with Gasteiger partial charge in [0.05, 0.1) is 5.69 Å². The van der Waals surface area contributed by atoms with Crippen LogP contribution in [0.15, 0.2) is 53.6 Å². The Balaban J connectivity index is 0.000000704. The zero-order valence-corrected chi connectivity index (χ0v) is 12.0. The van der Waals surface area contributed by atoms with Crippen LogP contribution in [0.3, 0.4) is 0 Å². The summed E-state index contributed by atoms with van der Waals surface area (Å²) in [5.74, 6) is 0. The van der Waals surface area contributed by atoms with Gasteiger partial charge in [-0.25, -0.2) is 0 Å². The van der Waals surface area contributed by atoms with E-state index in [-0.39, 0.29) is 5.56 Å². The van der Waals surface area contributed by atoms with E-state index in [1.165, 1.54) is 0 Å². The van der Waals surface area contributed by atoms with Crippen molar-refractivity contribution in [3.63, 3.8) is 0 Å². The molecule has 3 rings (SSSR count). The van der Waals surface area contributed by atoms with Crippen LogP contribution in [-0.2, 0) is 0 Å². The minimum atomic E-state index is -0.0676. The smallest absolute Gasteiger partial charge is 0.255 e. The monoisotopic (exact) mass is 266 g/mol. The molecule has 0 fully saturated rings. The molecule has 0 radical (unpaired) electrons. The van der Waals surface area contributed by atoms with E-state index in [1.807, 2.05) is 57.2 Å². The van der Waals surface area contributed by atoms with Crippen molar-refractivity contribution < 1.29 is 0 Å². The van der Waals surface area contributed by atoms with E-state index in [1.54, 1.807) is 12.4 Å². The molecule has 0 aliphatic carbocycles. The molecule has 0 saturated carbocycles. The standard InChI is InChI=1S/C15H12N2O.C2H6/c1-10-4-6-16-14(8-10)12-3-2-11-5-7-17-15(18)13(11)9-12;1-2/h2-9H,1H3,(H,17,18);1-2H3. The number of aryl methyl sites for hydroxylation is 1. The molecular formula is C17H18N2O. The van der Waals surface area contributed by atoms with Crippen LogP contribution in [0.25, 0.3) is 22.0 Å². The Bertz CT molecular complexity index is 775. The molecule has 0 aliphatic heterocycles. The zero-order chi connectivity index (χ0) is 14.5. The van der Waals surface area contributed by atoms with Crippen LogP contribution in [0.1, 0.15) is 19.4 Å². The van der Waals surface area contributed by atoms with E-state index < -0.39 is 0 Å². The maximum atomic E-state index is 11.8. The number of hydrogen-bond acceptors (Lipinski definition) is 2. The molecule has 3 nitrogen and oxygen atoms in total. The molecule has 3 heteroatoms. The number of fused-ring (bicyclic) bond motifs is 1. The lowest BCUT2D eigenvalue weighted by atomic mass is 10.1. The molecular weight excluding hydrogens is 248 g/mol. The van der Waals surface area contributed by atoms with Crippen molar-refractivity contribution in [2.45, 2.75) is 20.8 Å². The summed E-state index contributed by atoms with van der Waals surface area (Å²) in [5, 5.41) is 1.63. The minimum Gasteiger partial charge on any atom is -0.329 e. The van der Waals surface area contributed by atoms with Gasteiger partial charge >= 0.3 is 0 Å². The van der Waals surface area contributed by atoms with Crippen LogP contribution in [0.5, 0.6) is 0 Å². The van der Waals surface area contributed by atoms with E-state index in [0.29, 0.717) is 5.39 Å². The van der Waals surface area contributed by atoms with E-state index in [0.717, 1.165) is 22.2 Å². The Kier molecular flexibility index (Phi) is 4.31. The van der Waals surface area contributed by atoms with Crippen LogP contribution in [0, 0.1) is 6.92 Å². The Morgan fingerprint density at radius 3 is 2.60 bits per heavy atom. The van der Waals surface area contributed by atoms with Gasteiger partial charge < -0.3 is 4.98 Å². The number of pyridine rings is 2. The number of nitrogens with one attached hydrogen (secondary N) is 1. The maximum absolute atomic E-state index is 11.8. The Morgan fingerprint density at radius 1 is 1.05 bits per heavy atom. The van der Waals surface area contributed by atoms with Crippen molar-refractivity contribution in [1.82, 2.24) is 9.97 Å². The Morgan fingerprint density at radius 2 is 1.85 bits per heavy atom. The molecule has 3 aromatic rings. The highest BCUT2D eigenvalue weighted by Gasteiger charge is 2.03. The van der Waals surface area contributed by atoms with Gasteiger partial charge in [0.25, 0.3) is 5.56 Å². The average Bonchev–Trinajstić information content (AvgIpc) is 2.49. The number of aromatic nitrogens is 2. The fourth-order valence-electron chi connectivity index (χ4n) is 2.04. The summed E-state index contributed by atoms with van der Waals surface area (Å²) >= 11 is 0. The number of hydrogen-bond donors (Lipinski definition) is 1. The predicted molar refractivity (Wildman–Crippen MR) is 83.9 cm³/mol. The number of rotatable bonds is 1. The van der Waals surface area contributed by atoms with Crippen LogP contribution in [0.2, 0.25) is 0 Å². The molecule has 0 aliphatic rings. The average molecular weight is 266 g/mol. The first-order valence-electron chi connectivity index (χ1n) is 6.78. The van der Waals surface area contributed by atoms with Crippen molar-refractivity contribution in [2.24, 2.45) is 0 Å². The molecule has 2 heterocycles. The third kappa shape index (κ3) is 2.77. The van der Waals surface area contributed by atoms with Crippen LogP contribution >= 0.6 is 0 Å². The molecule has 0 spiro atoms. The third-order valence-corrected chi connectivity index (χ3v) is 2.99. The number of benzene rings is 1. The number of aromatic amines is 1. The Hall–Kier alpha value is -2.42. The summed E-state index contributed by atoms with van der Waals surface area (Å²) in [6, 6.07) is 11.7. The molecule has 20 heavy (non-hydrogen) atoms. The lowest BCUT2D eigenvalue weighted by Crippen LogP contribution is -2.04. The van der Waals surface area contributed by atoms with Gasteiger partial charge in [0.15, 0.2) is 0 Å². The normalized spacial score (nSPS) is 9.95. The highest BCUT2D eigenvalue weighted by molar-refractivity contribution is 5.85. The number of nitrogens with zero attached hydrogens (tertiary/aromatic N) is 1. The van der Waals surface area contributed by atoms with Crippen molar-refractivity contribution in [1.29, 1.82) is 0 Å². The summed E-state index contributed by atoms with van der Waals surface area (Å²) in [7, 11) is 0. The van der Waals surface area contributed by atoms with Crippen LogP contribution in [0.4, 0.5) is 0 Å². The summed E-state index contributed by atoms with van der Waals surface area (Å²) in [5.41, 5.74) is 2.94. The van der Waals surface area contributed by atoms with Gasteiger partial charge in [0.1, 0.15) is 0 Å². The lowest BCUT2D eigenvalue weighted by molar-refractivity contribution is 1.27. The second-order valence-electron chi connectivity index (χ2n) is 4.33. The summed E-state index contributed by atoms with van der Waals surface area (Å²) < 4.78 is 0. The van der Waals surface area contributed by atoms with Gasteiger partial charge in [0.2, 0.25) is 0 Å². The zero-order valence-electron chi connectivity index (χ0n) is 12.0. The van der Waals surface area contributed by atoms with Crippen molar-refractivity contribution in [2.75, 3.05) is 0 Å². The van der Waals surface area contributed by atoms with Gasteiger partial charge in [-0.15, -0.1) is 0 Å². The molecule has 1 N–H and O–H groups in total. The Labute approximate surface area is 118 Å². The number of H-pyrrole nitrogens is 1.